The molecule has 18 saturated carbocycles. The predicted octanol–water partition coefficient (Wildman–Crippen LogP) is 21.0. The summed E-state index contributed by atoms with van der Waals surface area (Å²) in [6.45, 7) is 45.8. The van der Waals surface area contributed by atoms with E-state index in [2.05, 4.69) is 125 Å². The zero-order valence-electron chi connectivity index (χ0n) is 52.6. The van der Waals surface area contributed by atoms with Gasteiger partial charge < -0.3 is 0 Å². The van der Waals surface area contributed by atoms with E-state index < -0.39 is 0 Å². The molecule has 0 nitrogen and oxygen atoms in total. The smallest absolute Gasteiger partial charge is 0.0193 e. The summed E-state index contributed by atoms with van der Waals surface area (Å²) in [5.41, 5.74) is 4.48. The van der Waals surface area contributed by atoms with Gasteiger partial charge in [0.05, 0.1) is 0 Å². The number of hydrogen-bond acceptors (Lipinski definition) is 0. The van der Waals surface area contributed by atoms with E-state index in [0.717, 1.165) is 34.5 Å². The lowest BCUT2D eigenvalue weighted by atomic mass is 8.96. The van der Waals surface area contributed by atoms with Crippen LogP contribution in [0.2, 0.25) is 0 Å². The zero-order chi connectivity index (χ0) is 52.6. The number of rotatable bonds is 32. The Kier molecular flexibility index (Phi) is 12.4. The molecule has 0 aliphatic heterocycles. The van der Waals surface area contributed by atoms with Crippen LogP contribution in [0.4, 0.5) is 0 Å². The fourth-order valence-electron chi connectivity index (χ4n) is 28.6. The van der Waals surface area contributed by atoms with Crippen LogP contribution in [0, 0.1) is 197 Å². The molecule has 7 atom stereocenters. The van der Waals surface area contributed by atoms with Gasteiger partial charge >= 0.3 is 0 Å². The SMILES string of the molecule is C12C3C4C1C1C2C3C41.CCCCC(C)(C)C(C)(CCCC(C)C(C)C)C(C)(CC)CCCC.CCCCC(C)(C)C(C)(CCCC(CC12C3C4C5C3C1C5C42)C(C)CC12C3C4C5C3C1C5C42)C(C)(CC)CCCC. The summed E-state index contributed by atoms with van der Waals surface area (Å²) in [6, 6.07) is 0. The molecule has 18 aliphatic rings. The minimum atomic E-state index is 0.419. The molecule has 0 saturated heterocycles. The fraction of sp³-hybridized carbons (Fsp3) is 1.00. The van der Waals surface area contributed by atoms with Crippen molar-refractivity contribution < 1.29 is 0 Å². The monoisotopic (exact) mass is 1010 g/mol. The van der Waals surface area contributed by atoms with Crippen LogP contribution in [0.1, 0.15) is 266 Å². The molecule has 0 aromatic rings. The van der Waals surface area contributed by atoms with Crippen molar-refractivity contribution in [3.8, 4) is 0 Å². The molecule has 0 bridgehead atoms. The van der Waals surface area contributed by atoms with E-state index in [-0.39, 0.29) is 0 Å². The Labute approximate surface area is 460 Å². The molecule has 0 radical (unpaired) electrons. The first-order valence-corrected chi connectivity index (χ1v) is 35.1. The molecule has 0 heterocycles. The van der Waals surface area contributed by atoms with Crippen LogP contribution in [0.25, 0.3) is 0 Å². The van der Waals surface area contributed by atoms with E-state index >= 15 is 0 Å². The second-order valence-electron chi connectivity index (χ2n) is 35.4. The van der Waals surface area contributed by atoms with Crippen molar-refractivity contribution in [1.29, 1.82) is 0 Å². The maximum Gasteiger partial charge on any atom is -0.0193 e. The second-order valence-corrected chi connectivity index (χ2v) is 35.4. The Morgan fingerprint density at radius 2 is 0.622 bits per heavy atom. The maximum absolute atomic E-state index is 2.80. The summed E-state index contributed by atoms with van der Waals surface area (Å²) in [5, 5.41) is 0. The largest absolute Gasteiger partial charge is 0.0654 e. The third kappa shape index (κ3) is 5.81. The molecule has 420 valence electrons. The van der Waals surface area contributed by atoms with E-state index in [0.29, 0.717) is 32.5 Å². The molecule has 18 aliphatic carbocycles. The van der Waals surface area contributed by atoms with E-state index in [1.165, 1.54) is 252 Å². The van der Waals surface area contributed by atoms with Crippen molar-refractivity contribution in [3.05, 3.63) is 0 Å². The number of unbranched alkanes of at least 4 members (excludes halogenated alkanes) is 4. The molecule has 18 rings (SSSR count). The van der Waals surface area contributed by atoms with E-state index in [9.17, 15) is 0 Å². The van der Waals surface area contributed by atoms with Gasteiger partial charge in [-0.3, -0.25) is 0 Å². The standard InChI is InChI=1S/C41H64.C25H52.C8H8/c1-9-12-16-37(5,6)39(8,38(7,11-3)17-13-10-2)18-14-15-22(20-41-34-28-24-29(34)36(41)30(24)35(28)41)21(4)19-40-31-25-23-26(31)33(40)27(23)32(25)40;1-11-14-18-23(7,8)25(10,20-16-17-22(6)21(4)5)24(9,13-3)19-15-12-2;1-2-5-3(1)7-4(1)6(2)8(5)7/h21-36H,9-20H2,1-8H3;21-22H,11-20H2,1-10H3;1-8H. The predicted molar refractivity (Wildman–Crippen MR) is 314 cm³/mol. The Morgan fingerprint density at radius 1 is 0.324 bits per heavy atom. The van der Waals surface area contributed by atoms with Crippen LogP contribution in [0.15, 0.2) is 0 Å². The minimum Gasteiger partial charge on any atom is -0.0654 e. The zero-order valence-corrected chi connectivity index (χ0v) is 52.6. The quantitative estimate of drug-likeness (QED) is 0.0630. The fourth-order valence-corrected chi connectivity index (χ4v) is 28.6. The van der Waals surface area contributed by atoms with Gasteiger partial charge in [-0.1, -0.05) is 215 Å². The summed E-state index contributed by atoms with van der Waals surface area (Å²) in [4.78, 5) is 0. The first-order chi connectivity index (χ1) is 35.1. The molecule has 0 heteroatoms. The van der Waals surface area contributed by atoms with Crippen molar-refractivity contribution in [2.75, 3.05) is 0 Å². The van der Waals surface area contributed by atoms with E-state index in [1.807, 2.05) is 0 Å². The first-order valence-electron chi connectivity index (χ1n) is 35.1. The van der Waals surface area contributed by atoms with Crippen molar-refractivity contribution in [1.82, 2.24) is 0 Å². The van der Waals surface area contributed by atoms with Gasteiger partial charge in [0, 0.05) is 0 Å². The summed E-state index contributed by atoms with van der Waals surface area (Å²) < 4.78 is 0. The summed E-state index contributed by atoms with van der Waals surface area (Å²) in [7, 11) is 0. The van der Waals surface area contributed by atoms with Gasteiger partial charge in [-0.2, -0.15) is 0 Å². The number of hydrogen-bond donors (Lipinski definition) is 0. The highest BCUT2D eigenvalue weighted by Crippen LogP contribution is 3.08. The van der Waals surface area contributed by atoms with Crippen molar-refractivity contribution in [2.45, 2.75) is 266 Å². The average Bonchev–Trinajstić information content (AvgIpc) is 3.41. The highest BCUT2D eigenvalue weighted by Gasteiger charge is 3.05. The molecule has 18 fully saturated rings. The highest BCUT2D eigenvalue weighted by molar-refractivity contribution is 5.51. The van der Waals surface area contributed by atoms with Crippen LogP contribution in [-0.4, -0.2) is 0 Å². The third-order valence-electron chi connectivity index (χ3n) is 34.2. The van der Waals surface area contributed by atoms with Crippen LogP contribution < -0.4 is 0 Å². The average molecular weight is 1010 g/mol. The normalized spacial score (nSPS) is 50.6. The second kappa shape index (κ2) is 17.3. The lowest BCUT2D eigenvalue weighted by molar-refractivity contribution is -0.621. The molecule has 0 spiro atoms. The molecule has 0 N–H and O–H groups in total. The van der Waals surface area contributed by atoms with Gasteiger partial charge in [-0.15, -0.1) is 0 Å². The maximum atomic E-state index is 2.80. The van der Waals surface area contributed by atoms with Crippen LogP contribution >= 0.6 is 0 Å². The molecular weight excluding hydrogens is 889 g/mol. The minimum absolute atomic E-state index is 0.419. The lowest BCUT2D eigenvalue weighted by Crippen LogP contribution is -3.05. The third-order valence-corrected chi connectivity index (χ3v) is 34.2. The van der Waals surface area contributed by atoms with Gasteiger partial charge in [0.2, 0.25) is 0 Å². The molecule has 0 aromatic heterocycles. The Balaban J connectivity index is 0.000000134. The van der Waals surface area contributed by atoms with Crippen molar-refractivity contribution in [3.63, 3.8) is 0 Å². The summed E-state index contributed by atoms with van der Waals surface area (Å²) in [6.07, 6.45) is 31.3. The van der Waals surface area contributed by atoms with Gasteiger partial charge in [-0.05, 0) is 249 Å². The van der Waals surface area contributed by atoms with Crippen LogP contribution in [0.3, 0.4) is 0 Å². The van der Waals surface area contributed by atoms with Gasteiger partial charge in [0.1, 0.15) is 0 Å². The molecule has 7 unspecified atom stereocenters. The summed E-state index contributed by atoms with van der Waals surface area (Å²) >= 11 is 0. The molecule has 0 aromatic carbocycles. The topological polar surface area (TPSA) is 0 Å². The Bertz CT molecular complexity index is 1900. The van der Waals surface area contributed by atoms with Gasteiger partial charge in [0.15, 0.2) is 0 Å². The van der Waals surface area contributed by atoms with Gasteiger partial charge in [0.25, 0.3) is 0 Å². The summed E-state index contributed by atoms with van der Waals surface area (Å²) in [5.74, 6) is 32.1. The molecule has 74 heavy (non-hydrogen) atoms. The van der Waals surface area contributed by atoms with Crippen molar-refractivity contribution >= 4 is 0 Å². The molecular formula is C74H124. The van der Waals surface area contributed by atoms with Crippen LogP contribution in [-0.2, 0) is 0 Å². The van der Waals surface area contributed by atoms with E-state index in [4.69, 9.17) is 0 Å². The van der Waals surface area contributed by atoms with Crippen molar-refractivity contribution in [2.24, 2.45) is 197 Å². The first kappa shape index (κ1) is 53.3. The van der Waals surface area contributed by atoms with E-state index in [1.54, 1.807) is 19.3 Å². The van der Waals surface area contributed by atoms with Crippen LogP contribution in [0.5, 0.6) is 0 Å². The highest BCUT2D eigenvalue weighted by atomic mass is 15.1. The van der Waals surface area contributed by atoms with Gasteiger partial charge in [-0.25, -0.2) is 0 Å². The Morgan fingerprint density at radius 3 is 0.932 bits per heavy atom. The Hall–Kier alpha value is 0. The lowest BCUT2D eigenvalue weighted by Gasteiger charge is -3.08. The molecule has 0 amide bonds.